The molecule has 0 aromatic carbocycles. The molecule has 0 saturated carbocycles. The van der Waals surface area contributed by atoms with Crippen LogP contribution in [-0.2, 0) is 15.5 Å². The molecule has 1 N–H and O–H groups in total. The van der Waals surface area contributed by atoms with Gasteiger partial charge in [0.05, 0.1) is 23.2 Å². The zero-order valence-electron chi connectivity index (χ0n) is 8.19. The van der Waals surface area contributed by atoms with Crippen molar-refractivity contribution in [1.82, 2.24) is 0 Å². The molecule has 0 aliphatic carbocycles. The lowest BCUT2D eigenvalue weighted by atomic mass is 10.5. The molecular weight excluding hydrogens is 265 g/mol. The summed E-state index contributed by atoms with van der Waals surface area (Å²) in [4.78, 5) is 10.4. The minimum Gasteiger partial charge on any atom is -0.475 e. The Kier molecular flexibility index (Phi) is 4.29. The molecule has 0 spiro atoms. The Morgan fingerprint density at radius 2 is 2.12 bits per heavy atom. The molecular formula is C8H7F3O5S. The molecule has 1 aromatic heterocycles. The minimum atomic E-state index is -4.78. The van der Waals surface area contributed by atoms with E-state index in [1.165, 1.54) is 0 Å². The standard InChI is InChI=1S/C8H7F3O5S/c9-8(10,11)15-3-4-17(14)6-2-1-5(16-6)7(12)13/h1-2H,3-4H2,(H,12,13). The summed E-state index contributed by atoms with van der Waals surface area (Å²) in [6, 6.07) is 2.20. The molecule has 0 aliphatic rings. The van der Waals surface area contributed by atoms with Gasteiger partial charge in [-0.1, -0.05) is 0 Å². The van der Waals surface area contributed by atoms with Gasteiger partial charge in [0.25, 0.3) is 0 Å². The largest absolute Gasteiger partial charge is 0.522 e. The van der Waals surface area contributed by atoms with Crippen molar-refractivity contribution in [3.8, 4) is 0 Å². The van der Waals surface area contributed by atoms with E-state index >= 15 is 0 Å². The molecule has 1 unspecified atom stereocenters. The van der Waals surface area contributed by atoms with Gasteiger partial charge in [0.2, 0.25) is 5.76 Å². The lowest BCUT2D eigenvalue weighted by Gasteiger charge is -2.05. The van der Waals surface area contributed by atoms with Crippen LogP contribution in [0.2, 0.25) is 0 Å². The first-order valence-electron chi connectivity index (χ1n) is 4.22. The Balaban J connectivity index is 2.50. The number of hydrogen-bond acceptors (Lipinski definition) is 4. The summed E-state index contributed by atoms with van der Waals surface area (Å²) in [5.41, 5.74) is 0. The van der Waals surface area contributed by atoms with E-state index in [1.807, 2.05) is 0 Å². The van der Waals surface area contributed by atoms with Gasteiger partial charge >= 0.3 is 12.3 Å². The highest BCUT2D eigenvalue weighted by Crippen LogP contribution is 2.17. The summed E-state index contributed by atoms with van der Waals surface area (Å²) < 4.78 is 54.2. The molecule has 0 bridgehead atoms. The number of carboxylic acid groups (broad SMARTS) is 1. The second-order valence-corrected chi connectivity index (χ2v) is 4.27. The molecule has 0 fully saturated rings. The normalized spacial score (nSPS) is 13.6. The zero-order valence-corrected chi connectivity index (χ0v) is 9.01. The van der Waals surface area contributed by atoms with Crippen LogP contribution < -0.4 is 0 Å². The number of halogens is 3. The van der Waals surface area contributed by atoms with Crippen LogP contribution in [0, 0.1) is 0 Å². The SMILES string of the molecule is O=C(O)c1ccc(S(=O)CCOC(F)(F)F)o1. The summed E-state index contributed by atoms with van der Waals surface area (Å²) in [7, 11) is -1.87. The van der Waals surface area contributed by atoms with Crippen molar-refractivity contribution in [2.75, 3.05) is 12.4 Å². The number of furan rings is 1. The Morgan fingerprint density at radius 1 is 1.47 bits per heavy atom. The average Bonchev–Trinajstić information content (AvgIpc) is 2.63. The lowest BCUT2D eigenvalue weighted by molar-refractivity contribution is -0.322. The Morgan fingerprint density at radius 3 is 2.59 bits per heavy atom. The van der Waals surface area contributed by atoms with Crippen molar-refractivity contribution in [3.63, 3.8) is 0 Å². The number of alkyl halides is 3. The van der Waals surface area contributed by atoms with Crippen molar-refractivity contribution < 1.29 is 36.4 Å². The van der Waals surface area contributed by atoms with Gasteiger partial charge in [-0.3, -0.25) is 8.95 Å². The molecule has 5 nitrogen and oxygen atoms in total. The van der Waals surface area contributed by atoms with Gasteiger partial charge < -0.3 is 9.52 Å². The highest BCUT2D eigenvalue weighted by Gasteiger charge is 2.29. The van der Waals surface area contributed by atoms with Crippen LogP contribution in [0.3, 0.4) is 0 Å². The molecule has 0 aliphatic heterocycles. The molecule has 1 atom stereocenters. The monoisotopic (exact) mass is 272 g/mol. The summed E-state index contributed by atoms with van der Waals surface area (Å²) in [5.74, 6) is -2.21. The Hall–Kier alpha value is -1.35. The third kappa shape index (κ3) is 4.57. The summed E-state index contributed by atoms with van der Waals surface area (Å²) >= 11 is 0. The quantitative estimate of drug-likeness (QED) is 0.881. The van der Waals surface area contributed by atoms with Crippen molar-refractivity contribution in [2.24, 2.45) is 0 Å². The third-order valence-electron chi connectivity index (χ3n) is 1.55. The van der Waals surface area contributed by atoms with Gasteiger partial charge in [-0.05, 0) is 12.1 Å². The highest BCUT2D eigenvalue weighted by atomic mass is 32.2. The van der Waals surface area contributed by atoms with Gasteiger partial charge in [-0.2, -0.15) is 0 Å². The number of rotatable bonds is 5. The van der Waals surface area contributed by atoms with Crippen LogP contribution in [-0.4, -0.2) is 34.0 Å². The van der Waals surface area contributed by atoms with E-state index in [0.717, 1.165) is 12.1 Å². The molecule has 0 amide bonds. The second-order valence-electron chi connectivity index (χ2n) is 2.77. The molecule has 1 rings (SSSR count). The minimum absolute atomic E-state index is 0.201. The number of carbonyl (C=O) groups is 1. The predicted octanol–water partition coefficient (Wildman–Crippen LogP) is 1.62. The van der Waals surface area contributed by atoms with E-state index in [0.29, 0.717) is 0 Å². The van der Waals surface area contributed by atoms with E-state index in [-0.39, 0.29) is 5.09 Å². The maximum Gasteiger partial charge on any atom is 0.522 e. The van der Waals surface area contributed by atoms with Crippen molar-refractivity contribution in [1.29, 1.82) is 0 Å². The summed E-state index contributed by atoms with van der Waals surface area (Å²) in [6.07, 6.45) is -4.78. The van der Waals surface area contributed by atoms with E-state index in [1.54, 1.807) is 0 Å². The van der Waals surface area contributed by atoms with Gasteiger partial charge in [0.15, 0.2) is 5.09 Å². The number of carboxylic acids is 1. The van der Waals surface area contributed by atoms with E-state index in [9.17, 15) is 22.2 Å². The van der Waals surface area contributed by atoms with Gasteiger partial charge in [-0.25, -0.2) is 4.79 Å². The topological polar surface area (TPSA) is 76.7 Å². The second kappa shape index (κ2) is 5.32. The maximum absolute atomic E-state index is 11.6. The van der Waals surface area contributed by atoms with Crippen LogP contribution in [0.1, 0.15) is 10.6 Å². The Labute approximate surface area is 95.6 Å². The Bertz CT molecular complexity index is 425. The number of hydrogen-bond donors (Lipinski definition) is 1. The van der Waals surface area contributed by atoms with E-state index < -0.39 is 41.3 Å². The van der Waals surface area contributed by atoms with Crippen molar-refractivity contribution in [2.45, 2.75) is 11.5 Å². The molecule has 1 aromatic rings. The fourth-order valence-corrected chi connectivity index (χ4v) is 1.73. The van der Waals surface area contributed by atoms with Gasteiger partial charge in [0.1, 0.15) is 0 Å². The van der Waals surface area contributed by atoms with Crippen molar-refractivity contribution in [3.05, 3.63) is 17.9 Å². The zero-order chi connectivity index (χ0) is 13.1. The highest BCUT2D eigenvalue weighted by molar-refractivity contribution is 7.84. The summed E-state index contributed by atoms with van der Waals surface area (Å²) in [6.45, 7) is -0.792. The van der Waals surface area contributed by atoms with Crippen LogP contribution in [0.5, 0.6) is 0 Å². The number of ether oxygens (including phenoxy) is 1. The van der Waals surface area contributed by atoms with E-state index in [2.05, 4.69) is 9.15 Å². The average molecular weight is 272 g/mol. The predicted molar refractivity (Wildman–Crippen MR) is 48.9 cm³/mol. The molecule has 1 heterocycles. The smallest absolute Gasteiger partial charge is 0.475 e. The first kappa shape index (κ1) is 13.7. The number of aromatic carboxylic acids is 1. The molecule has 96 valence electrons. The van der Waals surface area contributed by atoms with Crippen LogP contribution in [0.15, 0.2) is 21.6 Å². The molecule has 17 heavy (non-hydrogen) atoms. The van der Waals surface area contributed by atoms with Crippen LogP contribution >= 0.6 is 0 Å². The van der Waals surface area contributed by atoms with Crippen LogP contribution in [0.4, 0.5) is 13.2 Å². The molecule has 0 radical (unpaired) electrons. The van der Waals surface area contributed by atoms with Gasteiger partial charge in [-0.15, -0.1) is 13.2 Å². The first-order chi connectivity index (χ1) is 7.79. The van der Waals surface area contributed by atoms with Crippen LogP contribution in [0.25, 0.3) is 0 Å². The maximum atomic E-state index is 11.6. The molecule has 0 saturated heterocycles. The molecule has 9 heteroatoms. The van der Waals surface area contributed by atoms with Crippen molar-refractivity contribution >= 4 is 16.8 Å². The summed E-state index contributed by atoms with van der Waals surface area (Å²) in [5, 5.41) is 8.30. The fraction of sp³-hybridized carbons (Fsp3) is 0.375. The first-order valence-corrected chi connectivity index (χ1v) is 5.53. The lowest BCUT2D eigenvalue weighted by Crippen LogP contribution is -2.17. The van der Waals surface area contributed by atoms with E-state index in [4.69, 9.17) is 5.11 Å². The fourth-order valence-electron chi connectivity index (χ4n) is 0.891. The van der Waals surface area contributed by atoms with Gasteiger partial charge in [0, 0.05) is 0 Å². The third-order valence-corrected chi connectivity index (χ3v) is 2.76.